The van der Waals surface area contributed by atoms with Crippen LogP contribution in [-0.2, 0) is 20.0 Å². The van der Waals surface area contributed by atoms with Gasteiger partial charge < -0.3 is 5.73 Å². The van der Waals surface area contributed by atoms with Crippen LogP contribution >= 0.6 is 0 Å². The molecule has 80 valence electrons. The summed E-state index contributed by atoms with van der Waals surface area (Å²) in [6.07, 6.45) is 4.42. The van der Waals surface area contributed by atoms with Crippen molar-refractivity contribution in [1.29, 1.82) is 0 Å². The lowest BCUT2D eigenvalue weighted by Gasteiger charge is -2.00. The minimum atomic E-state index is 0.688. The third kappa shape index (κ3) is 2.01. The van der Waals surface area contributed by atoms with E-state index in [0.29, 0.717) is 12.2 Å². The summed E-state index contributed by atoms with van der Waals surface area (Å²) in [6.45, 7) is 2.80. The van der Waals surface area contributed by atoms with Crippen LogP contribution in [0.4, 0.5) is 5.69 Å². The van der Waals surface area contributed by atoms with Gasteiger partial charge in [-0.1, -0.05) is 6.92 Å². The highest BCUT2D eigenvalue weighted by atomic mass is 15.3. The molecule has 2 aromatic rings. The van der Waals surface area contributed by atoms with E-state index in [0.717, 1.165) is 17.8 Å². The number of aryl methyl sites for hydroxylation is 2. The van der Waals surface area contributed by atoms with E-state index in [1.807, 2.05) is 22.6 Å². The van der Waals surface area contributed by atoms with Gasteiger partial charge in [0, 0.05) is 13.2 Å². The maximum atomic E-state index is 5.60. The Kier molecular flexibility index (Phi) is 2.45. The van der Waals surface area contributed by atoms with E-state index in [9.17, 15) is 0 Å². The minimum absolute atomic E-state index is 0.688. The second kappa shape index (κ2) is 3.76. The summed E-state index contributed by atoms with van der Waals surface area (Å²) in [6, 6.07) is 2.10. The van der Waals surface area contributed by atoms with Crippen LogP contribution in [0.3, 0.4) is 0 Å². The molecule has 0 fully saturated rings. The molecule has 0 unspecified atom stereocenters. The molecular formula is C10H15N5. The fraction of sp³-hybridized carbons (Fsp3) is 0.400. The van der Waals surface area contributed by atoms with Gasteiger partial charge in [-0.05, 0) is 12.5 Å². The molecule has 2 aromatic heterocycles. The molecule has 0 saturated carbocycles. The predicted octanol–water partition coefficient (Wildman–Crippen LogP) is 0.809. The summed E-state index contributed by atoms with van der Waals surface area (Å²) in [4.78, 5) is 0. The van der Waals surface area contributed by atoms with Crippen molar-refractivity contribution >= 4 is 5.69 Å². The van der Waals surface area contributed by atoms with Crippen LogP contribution in [0.15, 0.2) is 18.5 Å². The van der Waals surface area contributed by atoms with Gasteiger partial charge in [0.05, 0.1) is 29.8 Å². The second-order valence-electron chi connectivity index (χ2n) is 3.58. The summed E-state index contributed by atoms with van der Waals surface area (Å²) in [7, 11) is 1.95. The second-order valence-corrected chi connectivity index (χ2v) is 3.58. The van der Waals surface area contributed by atoms with Gasteiger partial charge in [0.2, 0.25) is 0 Å². The first kappa shape index (κ1) is 9.76. The van der Waals surface area contributed by atoms with E-state index < -0.39 is 0 Å². The summed E-state index contributed by atoms with van der Waals surface area (Å²) in [5.41, 5.74) is 8.52. The van der Waals surface area contributed by atoms with Crippen LogP contribution in [0.2, 0.25) is 0 Å². The minimum Gasteiger partial charge on any atom is -0.396 e. The molecule has 0 spiro atoms. The van der Waals surface area contributed by atoms with Gasteiger partial charge in [0.25, 0.3) is 0 Å². The van der Waals surface area contributed by atoms with Crippen molar-refractivity contribution in [3.63, 3.8) is 0 Å². The molecule has 0 aromatic carbocycles. The average Bonchev–Trinajstić information content (AvgIpc) is 2.75. The quantitative estimate of drug-likeness (QED) is 0.806. The van der Waals surface area contributed by atoms with E-state index >= 15 is 0 Å². The molecule has 0 saturated heterocycles. The Hall–Kier alpha value is -1.78. The van der Waals surface area contributed by atoms with Crippen LogP contribution in [0.25, 0.3) is 0 Å². The first-order chi connectivity index (χ1) is 7.19. The molecule has 0 amide bonds. The zero-order valence-electron chi connectivity index (χ0n) is 9.01. The molecular weight excluding hydrogens is 190 g/mol. The molecule has 5 heteroatoms. The van der Waals surface area contributed by atoms with Gasteiger partial charge in [-0.3, -0.25) is 9.36 Å². The summed E-state index contributed by atoms with van der Waals surface area (Å²) in [5, 5.41) is 8.51. The number of anilines is 1. The molecule has 0 radical (unpaired) electrons. The SMILES string of the molecule is CCc1cc(Cn2cc(N)cn2)n(C)n1. The molecule has 0 aliphatic rings. The Bertz CT molecular complexity index is 454. The van der Waals surface area contributed by atoms with Crippen LogP contribution in [-0.4, -0.2) is 19.6 Å². The number of hydrogen-bond acceptors (Lipinski definition) is 3. The third-order valence-electron chi connectivity index (χ3n) is 2.37. The molecule has 2 N–H and O–H groups in total. The predicted molar refractivity (Wildman–Crippen MR) is 58.3 cm³/mol. The van der Waals surface area contributed by atoms with Gasteiger partial charge in [0.15, 0.2) is 0 Å². The van der Waals surface area contributed by atoms with Gasteiger partial charge in [0.1, 0.15) is 0 Å². The van der Waals surface area contributed by atoms with Gasteiger partial charge in [-0.25, -0.2) is 0 Å². The summed E-state index contributed by atoms with van der Waals surface area (Å²) >= 11 is 0. The Morgan fingerprint density at radius 3 is 2.80 bits per heavy atom. The molecule has 0 aliphatic heterocycles. The number of aromatic nitrogens is 4. The zero-order valence-corrected chi connectivity index (χ0v) is 9.01. The highest BCUT2D eigenvalue weighted by Gasteiger charge is 2.04. The first-order valence-electron chi connectivity index (χ1n) is 4.98. The average molecular weight is 205 g/mol. The van der Waals surface area contributed by atoms with E-state index in [1.54, 1.807) is 6.20 Å². The van der Waals surface area contributed by atoms with E-state index in [4.69, 9.17) is 5.73 Å². The molecule has 15 heavy (non-hydrogen) atoms. The van der Waals surface area contributed by atoms with Crippen LogP contribution in [0.1, 0.15) is 18.3 Å². The van der Waals surface area contributed by atoms with Crippen molar-refractivity contribution in [2.24, 2.45) is 7.05 Å². The highest BCUT2D eigenvalue weighted by Crippen LogP contribution is 2.07. The Balaban J connectivity index is 2.20. The topological polar surface area (TPSA) is 61.7 Å². The fourth-order valence-corrected chi connectivity index (χ4v) is 1.52. The summed E-state index contributed by atoms with van der Waals surface area (Å²) < 4.78 is 3.70. The van der Waals surface area contributed by atoms with Crippen LogP contribution in [0, 0.1) is 0 Å². The zero-order chi connectivity index (χ0) is 10.8. The molecule has 2 rings (SSSR count). The Morgan fingerprint density at radius 2 is 2.27 bits per heavy atom. The summed E-state index contributed by atoms with van der Waals surface area (Å²) in [5.74, 6) is 0. The van der Waals surface area contributed by atoms with Crippen molar-refractivity contribution in [2.45, 2.75) is 19.9 Å². The lowest BCUT2D eigenvalue weighted by atomic mass is 10.3. The fourth-order valence-electron chi connectivity index (χ4n) is 1.52. The number of nitrogen functional groups attached to an aromatic ring is 1. The van der Waals surface area contributed by atoms with Crippen LogP contribution in [0.5, 0.6) is 0 Å². The molecule has 0 bridgehead atoms. The van der Waals surface area contributed by atoms with Crippen molar-refractivity contribution < 1.29 is 0 Å². The number of rotatable bonds is 3. The number of nitrogens with two attached hydrogens (primary N) is 1. The monoisotopic (exact) mass is 205 g/mol. The molecule has 5 nitrogen and oxygen atoms in total. The smallest absolute Gasteiger partial charge is 0.0829 e. The Labute approximate surface area is 88.5 Å². The lowest BCUT2D eigenvalue weighted by Crippen LogP contribution is -2.05. The van der Waals surface area contributed by atoms with Gasteiger partial charge in [-0.2, -0.15) is 10.2 Å². The van der Waals surface area contributed by atoms with Crippen molar-refractivity contribution in [1.82, 2.24) is 19.6 Å². The normalized spacial score (nSPS) is 10.8. The molecule has 2 heterocycles. The van der Waals surface area contributed by atoms with Gasteiger partial charge in [-0.15, -0.1) is 0 Å². The highest BCUT2D eigenvalue weighted by molar-refractivity contribution is 5.30. The van der Waals surface area contributed by atoms with Crippen molar-refractivity contribution in [3.8, 4) is 0 Å². The van der Waals surface area contributed by atoms with Crippen molar-refractivity contribution in [3.05, 3.63) is 29.8 Å². The maximum Gasteiger partial charge on any atom is 0.0829 e. The van der Waals surface area contributed by atoms with Gasteiger partial charge >= 0.3 is 0 Å². The van der Waals surface area contributed by atoms with Crippen LogP contribution < -0.4 is 5.73 Å². The van der Waals surface area contributed by atoms with E-state index in [1.165, 1.54) is 0 Å². The first-order valence-corrected chi connectivity index (χ1v) is 4.98. The number of hydrogen-bond donors (Lipinski definition) is 1. The maximum absolute atomic E-state index is 5.60. The third-order valence-corrected chi connectivity index (χ3v) is 2.37. The lowest BCUT2D eigenvalue weighted by molar-refractivity contribution is 0.618. The van der Waals surface area contributed by atoms with Crippen molar-refractivity contribution in [2.75, 3.05) is 5.73 Å². The standard InChI is InChI=1S/C10H15N5/c1-3-9-4-10(14(2)13-9)7-15-6-8(11)5-12-15/h4-6H,3,7,11H2,1-2H3. The largest absolute Gasteiger partial charge is 0.396 e. The number of nitrogens with zero attached hydrogens (tertiary/aromatic N) is 4. The van der Waals surface area contributed by atoms with E-state index in [-0.39, 0.29) is 0 Å². The van der Waals surface area contributed by atoms with E-state index in [2.05, 4.69) is 23.2 Å². The molecule has 0 atom stereocenters. The Morgan fingerprint density at radius 1 is 1.47 bits per heavy atom. The molecule has 0 aliphatic carbocycles.